The molecular formula is C26H26N2O4. The van der Waals surface area contributed by atoms with Crippen LogP contribution in [0, 0.1) is 0 Å². The summed E-state index contributed by atoms with van der Waals surface area (Å²) < 4.78 is 5.38. The Morgan fingerprint density at radius 1 is 0.812 bits per heavy atom. The van der Waals surface area contributed by atoms with E-state index >= 15 is 0 Å². The first kappa shape index (κ1) is 22.7. The molecule has 6 nitrogen and oxygen atoms in total. The fourth-order valence-electron chi connectivity index (χ4n) is 3.19. The molecule has 0 fully saturated rings. The van der Waals surface area contributed by atoms with Gasteiger partial charge in [0.15, 0.2) is 5.78 Å². The van der Waals surface area contributed by atoms with E-state index in [1.54, 1.807) is 60.7 Å². The maximum absolute atomic E-state index is 12.9. The molecule has 0 aliphatic carbocycles. The number of hydrogen-bond acceptors (Lipinski definition) is 4. The van der Waals surface area contributed by atoms with Gasteiger partial charge in [0.2, 0.25) is 5.91 Å². The predicted octanol–water partition coefficient (Wildman–Crippen LogP) is 4.54. The van der Waals surface area contributed by atoms with Gasteiger partial charge in [-0.25, -0.2) is 0 Å². The highest BCUT2D eigenvalue weighted by atomic mass is 16.5. The van der Waals surface area contributed by atoms with E-state index in [0.29, 0.717) is 29.2 Å². The number of rotatable bonds is 10. The quantitative estimate of drug-likeness (QED) is 0.463. The van der Waals surface area contributed by atoms with Crippen LogP contribution in [0.15, 0.2) is 84.9 Å². The second-order valence-electron chi connectivity index (χ2n) is 7.15. The van der Waals surface area contributed by atoms with Crippen molar-refractivity contribution in [3.05, 3.63) is 96.1 Å². The van der Waals surface area contributed by atoms with Gasteiger partial charge in [-0.05, 0) is 48.9 Å². The van der Waals surface area contributed by atoms with Crippen molar-refractivity contribution in [3.8, 4) is 5.75 Å². The Morgan fingerprint density at radius 3 is 2.06 bits per heavy atom. The van der Waals surface area contributed by atoms with Crippen molar-refractivity contribution in [2.75, 3.05) is 11.9 Å². The van der Waals surface area contributed by atoms with E-state index in [1.165, 1.54) is 0 Å². The number of ether oxygens (including phenoxy) is 1. The molecule has 3 aromatic carbocycles. The summed E-state index contributed by atoms with van der Waals surface area (Å²) in [4.78, 5) is 37.9. The lowest BCUT2D eigenvalue weighted by atomic mass is 10.0. The zero-order chi connectivity index (χ0) is 22.8. The summed E-state index contributed by atoms with van der Waals surface area (Å²) in [5, 5.41) is 5.58. The van der Waals surface area contributed by atoms with Gasteiger partial charge in [0.05, 0.1) is 6.61 Å². The van der Waals surface area contributed by atoms with Crippen molar-refractivity contribution >= 4 is 23.3 Å². The molecule has 32 heavy (non-hydrogen) atoms. The Labute approximate surface area is 187 Å². The Balaban J connectivity index is 1.62. The van der Waals surface area contributed by atoms with Gasteiger partial charge in [-0.1, -0.05) is 48.5 Å². The zero-order valence-electron chi connectivity index (χ0n) is 17.9. The molecule has 0 aromatic heterocycles. The van der Waals surface area contributed by atoms with Gasteiger partial charge >= 0.3 is 0 Å². The number of anilines is 1. The third-order valence-electron chi connectivity index (χ3n) is 4.81. The molecule has 0 heterocycles. The molecule has 0 radical (unpaired) electrons. The fraction of sp³-hybridized carbons (Fsp3) is 0.192. The first-order valence-corrected chi connectivity index (χ1v) is 10.5. The average molecular weight is 431 g/mol. The summed E-state index contributed by atoms with van der Waals surface area (Å²) in [5.41, 5.74) is 1.81. The molecule has 2 N–H and O–H groups in total. The van der Waals surface area contributed by atoms with Crippen LogP contribution in [0.5, 0.6) is 5.75 Å². The summed E-state index contributed by atoms with van der Waals surface area (Å²) in [5.74, 6) is -0.180. The minimum absolute atomic E-state index is 0.0198. The molecule has 0 aliphatic rings. The highest BCUT2D eigenvalue weighted by molar-refractivity contribution is 6.00. The van der Waals surface area contributed by atoms with Crippen LogP contribution in [0.4, 0.5) is 5.69 Å². The maximum atomic E-state index is 12.9. The molecular weight excluding hydrogens is 404 g/mol. The number of benzene rings is 3. The van der Waals surface area contributed by atoms with Crippen LogP contribution in [0.2, 0.25) is 0 Å². The Kier molecular flexibility index (Phi) is 8.15. The monoisotopic (exact) mass is 430 g/mol. The van der Waals surface area contributed by atoms with E-state index in [2.05, 4.69) is 10.6 Å². The molecule has 0 aliphatic heterocycles. The van der Waals surface area contributed by atoms with Gasteiger partial charge in [-0.2, -0.15) is 0 Å². The fourth-order valence-corrected chi connectivity index (χ4v) is 3.19. The number of carbonyl (C=O) groups excluding carboxylic acids is 3. The highest BCUT2D eigenvalue weighted by Crippen LogP contribution is 2.17. The number of para-hydroxylation sites is 1. The van der Waals surface area contributed by atoms with Crippen LogP contribution in [0.3, 0.4) is 0 Å². The van der Waals surface area contributed by atoms with Crippen molar-refractivity contribution in [1.29, 1.82) is 0 Å². The summed E-state index contributed by atoms with van der Waals surface area (Å²) in [7, 11) is 0. The van der Waals surface area contributed by atoms with Gasteiger partial charge in [-0.3, -0.25) is 14.4 Å². The number of nitrogens with one attached hydrogen (secondary N) is 2. The van der Waals surface area contributed by atoms with E-state index in [1.807, 2.05) is 31.2 Å². The molecule has 2 amide bonds. The average Bonchev–Trinajstić information content (AvgIpc) is 2.83. The van der Waals surface area contributed by atoms with Gasteiger partial charge in [0.1, 0.15) is 11.8 Å². The SMILES string of the molecule is CCOc1ccc(C(=O)CCC(=O)NC(C(=O)Nc2ccccc2)c2ccccc2)cc1. The topological polar surface area (TPSA) is 84.5 Å². The first-order chi connectivity index (χ1) is 15.6. The third-order valence-corrected chi connectivity index (χ3v) is 4.81. The van der Waals surface area contributed by atoms with Gasteiger partial charge in [0.25, 0.3) is 5.91 Å². The van der Waals surface area contributed by atoms with Crippen molar-refractivity contribution < 1.29 is 19.1 Å². The van der Waals surface area contributed by atoms with Crippen molar-refractivity contribution in [2.24, 2.45) is 0 Å². The van der Waals surface area contributed by atoms with Crippen molar-refractivity contribution in [3.63, 3.8) is 0 Å². The summed E-state index contributed by atoms with van der Waals surface area (Å²) in [6.07, 6.45) is 0.0234. The lowest BCUT2D eigenvalue weighted by Gasteiger charge is -2.19. The lowest BCUT2D eigenvalue weighted by molar-refractivity contribution is -0.126. The van der Waals surface area contributed by atoms with E-state index in [0.717, 1.165) is 0 Å². The lowest BCUT2D eigenvalue weighted by Crippen LogP contribution is -2.37. The van der Waals surface area contributed by atoms with Crippen LogP contribution in [-0.2, 0) is 9.59 Å². The van der Waals surface area contributed by atoms with E-state index in [4.69, 9.17) is 4.74 Å². The van der Waals surface area contributed by atoms with Gasteiger partial charge in [-0.15, -0.1) is 0 Å². The molecule has 6 heteroatoms. The molecule has 1 unspecified atom stereocenters. The molecule has 0 saturated carbocycles. The standard InChI is InChI=1S/C26H26N2O4/c1-2-32-22-15-13-19(14-16-22)23(29)17-18-24(30)28-25(20-9-5-3-6-10-20)26(31)27-21-11-7-4-8-12-21/h3-16,25H,2,17-18H2,1H3,(H,27,31)(H,28,30). The highest BCUT2D eigenvalue weighted by Gasteiger charge is 2.23. The van der Waals surface area contributed by atoms with E-state index < -0.39 is 6.04 Å². The van der Waals surface area contributed by atoms with Gasteiger partial charge < -0.3 is 15.4 Å². The number of ketones is 1. The normalized spacial score (nSPS) is 11.3. The Morgan fingerprint density at radius 2 is 1.44 bits per heavy atom. The third kappa shape index (κ3) is 6.54. The molecule has 3 rings (SSSR count). The number of Topliss-reactive ketones (excluding diaryl/α,β-unsaturated/α-hetero) is 1. The summed E-state index contributed by atoms with van der Waals surface area (Å²) >= 11 is 0. The number of hydrogen-bond donors (Lipinski definition) is 2. The van der Waals surface area contributed by atoms with Crippen LogP contribution in [-0.4, -0.2) is 24.2 Å². The summed E-state index contributed by atoms with van der Waals surface area (Å²) in [6, 6.07) is 24.0. The molecule has 1 atom stereocenters. The number of amides is 2. The van der Waals surface area contributed by atoms with Crippen LogP contribution < -0.4 is 15.4 Å². The minimum Gasteiger partial charge on any atom is -0.494 e. The molecule has 0 bridgehead atoms. The summed E-state index contributed by atoms with van der Waals surface area (Å²) in [6.45, 7) is 2.44. The largest absolute Gasteiger partial charge is 0.494 e. The second-order valence-corrected chi connectivity index (χ2v) is 7.15. The zero-order valence-corrected chi connectivity index (χ0v) is 17.9. The second kappa shape index (κ2) is 11.5. The number of carbonyl (C=O) groups is 3. The smallest absolute Gasteiger partial charge is 0.251 e. The van der Waals surface area contributed by atoms with Crippen LogP contribution >= 0.6 is 0 Å². The predicted molar refractivity (Wildman–Crippen MR) is 124 cm³/mol. The molecule has 0 saturated heterocycles. The van der Waals surface area contributed by atoms with E-state index in [9.17, 15) is 14.4 Å². The van der Waals surface area contributed by atoms with Crippen LogP contribution in [0.25, 0.3) is 0 Å². The van der Waals surface area contributed by atoms with Crippen molar-refractivity contribution in [1.82, 2.24) is 5.32 Å². The van der Waals surface area contributed by atoms with Crippen molar-refractivity contribution in [2.45, 2.75) is 25.8 Å². The van der Waals surface area contributed by atoms with E-state index in [-0.39, 0.29) is 30.4 Å². The molecule has 0 spiro atoms. The first-order valence-electron chi connectivity index (χ1n) is 10.5. The Bertz CT molecular complexity index is 1030. The molecule has 164 valence electrons. The minimum atomic E-state index is -0.871. The van der Waals surface area contributed by atoms with Gasteiger partial charge in [0, 0.05) is 24.1 Å². The van der Waals surface area contributed by atoms with Crippen LogP contribution in [0.1, 0.15) is 41.7 Å². The molecule has 3 aromatic rings. The maximum Gasteiger partial charge on any atom is 0.251 e. The Hall–Kier alpha value is -3.93.